The summed E-state index contributed by atoms with van der Waals surface area (Å²) in [4.78, 5) is 83.6. The number of esters is 1. The third-order valence-electron chi connectivity index (χ3n) is 12.8. The zero-order valence-electron chi connectivity index (χ0n) is 37.8. The third-order valence-corrected chi connectivity index (χ3v) is 14.4. The SMILES string of the molecule is COc1cc2cc(c1Cl)N(C)C(=O)C[C@H](OC(=O)[C@H](C)N(C)C(=O)CCSC(CC=O)C(=O)N(C)CC1CCCCC1)C1OC1[C@H](C)C1CC(NC(=O)O1)[C@H](OC)/C=C/C=C(\C)C2. The van der Waals surface area contributed by atoms with Crippen molar-refractivity contribution >= 4 is 65.1 Å². The van der Waals surface area contributed by atoms with E-state index in [1.54, 1.807) is 33.0 Å². The summed E-state index contributed by atoms with van der Waals surface area (Å²) < 4.78 is 29.4. The summed E-state index contributed by atoms with van der Waals surface area (Å²) in [7, 11) is 7.93. The highest BCUT2D eigenvalue weighted by molar-refractivity contribution is 8.00. The van der Waals surface area contributed by atoms with Crippen LogP contribution >= 0.6 is 23.4 Å². The van der Waals surface area contributed by atoms with Crippen LogP contribution in [-0.2, 0) is 49.3 Å². The summed E-state index contributed by atoms with van der Waals surface area (Å²) in [6.07, 6.45) is 8.87. The Morgan fingerprint density at radius 1 is 1.11 bits per heavy atom. The summed E-state index contributed by atoms with van der Waals surface area (Å²) in [5.41, 5.74) is 2.24. The molecule has 5 rings (SSSR count). The lowest BCUT2D eigenvalue weighted by Gasteiger charge is -2.35. The molecule has 1 N–H and O–H groups in total. The molecule has 5 unspecified atom stereocenters. The average molecular weight is 918 g/mol. The van der Waals surface area contributed by atoms with Gasteiger partial charge in [0.2, 0.25) is 17.7 Å². The molecule has 17 heteroatoms. The molecule has 4 aliphatic rings. The van der Waals surface area contributed by atoms with Crippen molar-refractivity contribution in [3.63, 3.8) is 0 Å². The number of halogens is 1. The van der Waals surface area contributed by atoms with Gasteiger partial charge in [0.1, 0.15) is 41.4 Å². The summed E-state index contributed by atoms with van der Waals surface area (Å²) >= 11 is 8.05. The second-order valence-corrected chi connectivity index (χ2v) is 19.0. The lowest BCUT2D eigenvalue weighted by molar-refractivity contribution is -0.159. The number of ether oxygens (including phenoxy) is 5. The van der Waals surface area contributed by atoms with Crippen LogP contribution in [0.1, 0.15) is 84.1 Å². The number of allylic oxidation sites excluding steroid dienone is 3. The molecular formula is C46H65ClN4O11S. The maximum atomic E-state index is 14.2. The molecule has 0 aromatic heterocycles. The number of hydrogen-bond acceptors (Lipinski definition) is 12. The first kappa shape index (κ1) is 49.9. The fraction of sp³-hybridized carbons (Fsp3) is 0.652. The molecule has 1 aromatic rings. The number of amides is 4. The van der Waals surface area contributed by atoms with E-state index in [0.29, 0.717) is 36.7 Å². The number of alkyl carbamates (subject to hydrolysis) is 1. The number of anilines is 1. The van der Waals surface area contributed by atoms with Gasteiger partial charge in [-0.2, -0.15) is 0 Å². The highest BCUT2D eigenvalue weighted by Gasteiger charge is 2.54. The Labute approximate surface area is 380 Å². The molecule has 1 aliphatic carbocycles. The van der Waals surface area contributed by atoms with Gasteiger partial charge in [0.25, 0.3) is 0 Å². The number of likely N-dealkylation sites (N-methyl/N-ethyl adjacent to an activating group) is 1. The van der Waals surface area contributed by atoms with Gasteiger partial charge in [0.15, 0.2) is 0 Å². The molecule has 2 saturated heterocycles. The fourth-order valence-corrected chi connectivity index (χ4v) is 10.1. The van der Waals surface area contributed by atoms with E-state index in [4.69, 9.17) is 35.3 Å². The van der Waals surface area contributed by atoms with Crippen LogP contribution in [0.5, 0.6) is 5.75 Å². The number of nitrogens with zero attached hydrogens (tertiary/aromatic N) is 3. The Morgan fingerprint density at radius 2 is 1.84 bits per heavy atom. The predicted molar refractivity (Wildman–Crippen MR) is 241 cm³/mol. The Kier molecular flexibility index (Phi) is 18.4. The van der Waals surface area contributed by atoms with Crippen molar-refractivity contribution in [2.75, 3.05) is 52.6 Å². The van der Waals surface area contributed by atoms with Crippen molar-refractivity contribution in [1.82, 2.24) is 15.1 Å². The van der Waals surface area contributed by atoms with Gasteiger partial charge in [0.05, 0.1) is 42.7 Å². The van der Waals surface area contributed by atoms with Crippen molar-refractivity contribution < 1.29 is 52.5 Å². The molecule has 0 radical (unpaired) electrons. The number of carbonyl (C=O) groups excluding carboxylic acids is 6. The number of thioether (sulfide) groups is 1. The molecule has 3 aliphatic heterocycles. The molecule has 4 bridgehead atoms. The number of epoxide rings is 1. The van der Waals surface area contributed by atoms with Crippen LogP contribution in [0.4, 0.5) is 10.5 Å². The second kappa shape index (κ2) is 23.2. The molecule has 3 fully saturated rings. The Morgan fingerprint density at radius 3 is 2.52 bits per heavy atom. The fourth-order valence-electron chi connectivity index (χ4n) is 8.68. The lowest BCUT2D eigenvalue weighted by atomic mass is 9.89. The maximum Gasteiger partial charge on any atom is 0.407 e. The molecule has 1 saturated carbocycles. The zero-order valence-corrected chi connectivity index (χ0v) is 39.4. The minimum absolute atomic E-state index is 0.0140. The van der Waals surface area contributed by atoms with E-state index in [0.717, 1.165) is 43.1 Å². The van der Waals surface area contributed by atoms with Crippen LogP contribution in [0.15, 0.2) is 35.9 Å². The van der Waals surface area contributed by atoms with Gasteiger partial charge < -0.3 is 48.5 Å². The van der Waals surface area contributed by atoms with E-state index in [2.05, 4.69) is 5.32 Å². The van der Waals surface area contributed by atoms with E-state index in [1.807, 2.05) is 44.2 Å². The number of methoxy groups -OCH3 is 2. The van der Waals surface area contributed by atoms with Crippen molar-refractivity contribution in [3.05, 3.63) is 46.5 Å². The predicted octanol–water partition coefficient (Wildman–Crippen LogP) is 5.92. The van der Waals surface area contributed by atoms with E-state index in [9.17, 15) is 28.8 Å². The first-order valence-electron chi connectivity index (χ1n) is 21.9. The van der Waals surface area contributed by atoms with Crippen LogP contribution in [0.2, 0.25) is 5.02 Å². The maximum absolute atomic E-state index is 14.2. The number of rotatable bonds is 14. The number of nitrogens with one attached hydrogen (secondary N) is 1. The molecule has 9 atom stereocenters. The van der Waals surface area contributed by atoms with Gasteiger partial charge in [-0.3, -0.25) is 14.4 Å². The highest BCUT2D eigenvalue weighted by atomic mass is 35.5. The molecule has 63 heavy (non-hydrogen) atoms. The molecule has 4 amide bonds. The molecule has 15 nitrogen and oxygen atoms in total. The summed E-state index contributed by atoms with van der Waals surface area (Å²) in [5.74, 6) is -0.908. The number of hydrogen-bond donors (Lipinski definition) is 1. The van der Waals surface area contributed by atoms with Crippen molar-refractivity contribution in [2.24, 2.45) is 11.8 Å². The minimum Gasteiger partial charge on any atom is -0.495 e. The van der Waals surface area contributed by atoms with Gasteiger partial charge in [-0.1, -0.05) is 61.6 Å². The Balaban J connectivity index is 1.31. The molecule has 0 spiro atoms. The van der Waals surface area contributed by atoms with Gasteiger partial charge in [-0.25, -0.2) is 9.59 Å². The van der Waals surface area contributed by atoms with Gasteiger partial charge in [0, 0.05) is 65.7 Å². The van der Waals surface area contributed by atoms with E-state index >= 15 is 0 Å². The summed E-state index contributed by atoms with van der Waals surface area (Å²) in [5, 5.41) is 2.50. The largest absolute Gasteiger partial charge is 0.495 e. The zero-order chi connectivity index (χ0) is 46.0. The summed E-state index contributed by atoms with van der Waals surface area (Å²) in [6.45, 7) is 6.05. The number of benzene rings is 1. The smallest absolute Gasteiger partial charge is 0.407 e. The van der Waals surface area contributed by atoms with Gasteiger partial charge >= 0.3 is 12.1 Å². The van der Waals surface area contributed by atoms with Crippen LogP contribution in [0.3, 0.4) is 0 Å². The van der Waals surface area contributed by atoms with Crippen LogP contribution in [0, 0.1) is 11.8 Å². The molecular weight excluding hydrogens is 852 g/mol. The van der Waals surface area contributed by atoms with E-state index in [1.165, 1.54) is 42.1 Å². The van der Waals surface area contributed by atoms with Crippen LogP contribution in [0.25, 0.3) is 0 Å². The average Bonchev–Trinajstić information content (AvgIpc) is 4.07. The molecule has 3 heterocycles. The number of fused-ring (bicyclic) bond motifs is 5. The van der Waals surface area contributed by atoms with E-state index in [-0.39, 0.29) is 47.8 Å². The molecule has 1 aromatic carbocycles. The normalized spacial score (nSPS) is 27.9. The Hall–Kier alpha value is -4.12. The first-order chi connectivity index (χ1) is 30.1. The molecule has 348 valence electrons. The van der Waals surface area contributed by atoms with Crippen molar-refractivity contribution in [3.8, 4) is 5.75 Å². The van der Waals surface area contributed by atoms with E-state index < -0.39 is 65.8 Å². The number of carbonyl (C=O) groups is 6. The van der Waals surface area contributed by atoms with Crippen molar-refractivity contribution in [1.29, 1.82) is 0 Å². The van der Waals surface area contributed by atoms with Gasteiger partial charge in [-0.05, 0) is 56.7 Å². The standard InChI is InChI=1S/C46H65ClN4O11S/c1-27-13-12-16-34(58-7)32-24-35(61-46(57)48-32)28(2)42-43(62-42)37(25-40(54)51(6)33-22-31(21-27)23-36(59-8)41(33)47)60-45(56)29(3)50(5)39(53)18-20-63-38(17-19-52)44(55)49(4)26-30-14-10-9-11-15-30/h12-13,16,19,22-23,28-30,32,34-35,37-38,42-43H,9-11,14-15,17-18,20-21,24-26H2,1-8H3,(H,48,57)/b16-12+,27-13+/t28-,29+,32?,34-,35?,37+,38?,42?,43?/m1/s1. The monoisotopic (exact) mass is 916 g/mol. The van der Waals surface area contributed by atoms with Crippen LogP contribution < -0.4 is 15.0 Å². The summed E-state index contributed by atoms with van der Waals surface area (Å²) in [6, 6.07) is 2.18. The third kappa shape index (κ3) is 13.2. The van der Waals surface area contributed by atoms with Crippen LogP contribution in [-0.4, -0.2) is 141 Å². The number of aldehydes is 1. The lowest BCUT2D eigenvalue weighted by Crippen LogP contribution is -2.53. The van der Waals surface area contributed by atoms with Crippen molar-refractivity contribution in [2.45, 2.75) is 133 Å². The van der Waals surface area contributed by atoms with Gasteiger partial charge in [-0.15, -0.1) is 11.8 Å². The second-order valence-electron chi connectivity index (χ2n) is 17.3. The topological polar surface area (TPSA) is 174 Å². The quantitative estimate of drug-likeness (QED) is 0.133. The highest BCUT2D eigenvalue weighted by Crippen LogP contribution is 2.41. The Bertz CT molecular complexity index is 1870. The minimum atomic E-state index is -1.08. The first-order valence-corrected chi connectivity index (χ1v) is 23.4.